The summed E-state index contributed by atoms with van der Waals surface area (Å²) in [6, 6.07) is 8.13. The molecule has 1 unspecified atom stereocenters. The summed E-state index contributed by atoms with van der Waals surface area (Å²) in [5.74, 6) is 5.35. The molecule has 0 bridgehead atoms. The van der Waals surface area contributed by atoms with Crippen molar-refractivity contribution in [3.8, 4) is 0 Å². The molecule has 22 heavy (non-hydrogen) atoms. The van der Waals surface area contributed by atoms with Gasteiger partial charge >= 0.3 is 5.97 Å². The summed E-state index contributed by atoms with van der Waals surface area (Å²) in [5, 5.41) is 0. The predicted molar refractivity (Wildman–Crippen MR) is 87.8 cm³/mol. The van der Waals surface area contributed by atoms with E-state index in [2.05, 4.69) is 55.0 Å². The monoisotopic (exact) mass is 363 g/mol. The normalized spacial score (nSPS) is 12.5. The summed E-state index contributed by atoms with van der Waals surface area (Å²) in [5.41, 5.74) is 1.14. The Morgan fingerprint density at radius 1 is 1.50 bits per heavy atom. The second kappa shape index (κ2) is 8.51. The molecule has 0 aliphatic rings. The zero-order valence-electron chi connectivity index (χ0n) is 12.0. The molecular weight excluding hydrogens is 346 g/mol. The predicted octanol–water partition coefficient (Wildman–Crippen LogP) is 3.45. The van der Waals surface area contributed by atoms with Crippen LogP contribution in [-0.2, 0) is 9.63 Å². The lowest BCUT2D eigenvalue weighted by molar-refractivity contribution is -0.144. The molecule has 3 N–H and O–H groups in total. The average Bonchev–Trinajstić information content (AvgIpc) is 3.04. The molecule has 0 fully saturated rings. The number of imidazole rings is 1. The molecule has 1 aromatic heterocycles. The molecule has 0 saturated heterocycles. The van der Waals surface area contributed by atoms with Crippen LogP contribution in [0.15, 0.2) is 53.3 Å². The third kappa shape index (κ3) is 4.82. The number of aromatic amines is 1. The third-order valence-electron chi connectivity index (χ3n) is 3.23. The minimum Gasteiger partial charge on any atom is -0.373 e. The minimum atomic E-state index is -0.386. The third-order valence-corrected chi connectivity index (χ3v) is 3.73. The number of unbranched alkanes of at least 4 members (excludes halogenated alkanes) is 1. The van der Waals surface area contributed by atoms with Gasteiger partial charge in [-0.25, -0.2) is 4.98 Å². The molecule has 0 spiro atoms. The van der Waals surface area contributed by atoms with Gasteiger partial charge in [-0.05, 0) is 30.5 Å². The van der Waals surface area contributed by atoms with Crippen molar-refractivity contribution in [2.45, 2.75) is 25.2 Å². The highest BCUT2D eigenvalue weighted by atomic mass is 79.9. The maximum Gasteiger partial charge on any atom is 0.324 e. The first-order valence-corrected chi connectivity index (χ1v) is 7.81. The van der Waals surface area contributed by atoms with E-state index in [1.165, 1.54) is 0 Å². The van der Waals surface area contributed by atoms with Gasteiger partial charge in [0.05, 0.1) is 5.92 Å². The Balaban J connectivity index is 2.05. The van der Waals surface area contributed by atoms with E-state index in [4.69, 9.17) is 5.90 Å². The number of hydrogen-bond donors (Lipinski definition) is 2. The Kier molecular flexibility index (Phi) is 6.36. The number of nitrogens with zero attached hydrogens (tertiary/aromatic N) is 1. The molecule has 0 saturated carbocycles. The second-order valence-corrected chi connectivity index (χ2v) is 5.73. The number of allylic oxidation sites excluding steroid dienone is 2. The molecule has 0 amide bonds. The maximum absolute atomic E-state index is 11.0. The smallest absolute Gasteiger partial charge is 0.324 e. The van der Waals surface area contributed by atoms with Crippen molar-refractivity contribution in [2.24, 2.45) is 5.90 Å². The number of hydrogen-bond acceptors (Lipinski definition) is 4. The van der Waals surface area contributed by atoms with Crippen molar-refractivity contribution >= 4 is 21.9 Å². The standard InChI is InChI=1S/C16H18BrN3O2/c17-13-6-4-5-12(11-13)14(16-19-9-10-20-16)7-2-1-3-8-15(21)22-18/h2,4-7,9-11,14H,1,3,8,18H2,(H,19,20). The zero-order valence-corrected chi connectivity index (χ0v) is 13.6. The van der Waals surface area contributed by atoms with Crippen molar-refractivity contribution in [3.05, 3.63) is 64.7 Å². The number of nitrogens with two attached hydrogens (primary N) is 1. The van der Waals surface area contributed by atoms with Gasteiger partial charge in [-0.3, -0.25) is 4.79 Å². The van der Waals surface area contributed by atoms with Crippen LogP contribution in [0.1, 0.15) is 36.6 Å². The van der Waals surface area contributed by atoms with Gasteiger partial charge in [-0.1, -0.05) is 40.2 Å². The van der Waals surface area contributed by atoms with Gasteiger partial charge < -0.3 is 9.82 Å². The molecule has 2 rings (SSSR count). The molecular formula is C16H18BrN3O2. The van der Waals surface area contributed by atoms with Gasteiger partial charge in [0.15, 0.2) is 0 Å². The minimum absolute atomic E-state index is 0.0500. The van der Waals surface area contributed by atoms with Gasteiger partial charge in [0.2, 0.25) is 0 Å². The Morgan fingerprint density at radius 2 is 2.36 bits per heavy atom. The fraction of sp³-hybridized carbons (Fsp3) is 0.250. The van der Waals surface area contributed by atoms with Crippen molar-refractivity contribution in [1.82, 2.24) is 9.97 Å². The van der Waals surface area contributed by atoms with E-state index >= 15 is 0 Å². The maximum atomic E-state index is 11.0. The van der Waals surface area contributed by atoms with E-state index < -0.39 is 0 Å². The summed E-state index contributed by atoms with van der Waals surface area (Å²) in [6.07, 6.45) is 9.50. The summed E-state index contributed by atoms with van der Waals surface area (Å²) in [6.45, 7) is 0. The van der Waals surface area contributed by atoms with Crippen molar-refractivity contribution in [3.63, 3.8) is 0 Å². The Hall–Kier alpha value is -1.92. The number of nitrogens with one attached hydrogen (secondary N) is 1. The molecule has 1 aromatic carbocycles. The quantitative estimate of drug-likeness (QED) is 0.448. The molecule has 0 aliphatic carbocycles. The highest BCUT2D eigenvalue weighted by Gasteiger charge is 2.13. The second-order valence-electron chi connectivity index (χ2n) is 4.82. The molecule has 116 valence electrons. The molecule has 0 radical (unpaired) electrons. The van der Waals surface area contributed by atoms with E-state index in [1.54, 1.807) is 6.20 Å². The Labute approximate surface area is 137 Å². The van der Waals surface area contributed by atoms with Crippen LogP contribution in [0.3, 0.4) is 0 Å². The Morgan fingerprint density at radius 3 is 3.05 bits per heavy atom. The lowest BCUT2D eigenvalue weighted by atomic mass is 9.97. The van der Waals surface area contributed by atoms with Crippen LogP contribution in [0.4, 0.5) is 0 Å². The summed E-state index contributed by atoms with van der Waals surface area (Å²) < 4.78 is 1.03. The van der Waals surface area contributed by atoms with Crippen molar-refractivity contribution < 1.29 is 9.63 Å². The first kappa shape index (κ1) is 16.5. The molecule has 2 aromatic rings. The Bertz CT molecular complexity index is 626. The van der Waals surface area contributed by atoms with Crippen LogP contribution in [0, 0.1) is 0 Å². The van der Waals surface area contributed by atoms with Crippen LogP contribution in [0.5, 0.6) is 0 Å². The van der Waals surface area contributed by atoms with E-state index in [0.717, 1.165) is 22.3 Å². The van der Waals surface area contributed by atoms with Crippen LogP contribution < -0.4 is 5.90 Å². The topological polar surface area (TPSA) is 81.0 Å². The largest absolute Gasteiger partial charge is 0.373 e. The number of benzene rings is 1. The van der Waals surface area contributed by atoms with Gasteiger partial charge in [-0.2, -0.15) is 5.90 Å². The van der Waals surface area contributed by atoms with Crippen LogP contribution >= 0.6 is 15.9 Å². The highest BCUT2D eigenvalue weighted by molar-refractivity contribution is 9.10. The summed E-state index contributed by atoms with van der Waals surface area (Å²) >= 11 is 3.49. The molecule has 0 aliphatic heterocycles. The highest BCUT2D eigenvalue weighted by Crippen LogP contribution is 2.26. The number of carbonyl (C=O) groups is 1. The van der Waals surface area contributed by atoms with E-state index in [0.29, 0.717) is 12.8 Å². The van der Waals surface area contributed by atoms with Crippen LogP contribution in [-0.4, -0.2) is 15.9 Å². The van der Waals surface area contributed by atoms with Crippen LogP contribution in [0.25, 0.3) is 0 Å². The van der Waals surface area contributed by atoms with Gasteiger partial charge in [0.25, 0.3) is 0 Å². The molecule has 6 heteroatoms. The number of rotatable bonds is 7. The van der Waals surface area contributed by atoms with Gasteiger partial charge in [0, 0.05) is 23.3 Å². The molecule has 5 nitrogen and oxygen atoms in total. The lowest BCUT2D eigenvalue weighted by Gasteiger charge is -2.11. The SMILES string of the molecule is NOC(=O)CCCC=CC(c1cccc(Br)c1)c1ncc[nH]1. The van der Waals surface area contributed by atoms with Gasteiger partial charge in [-0.15, -0.1) is 0 Å². The van der Waals surface area contributed by atoms with E-state index in [1.807, 2.05) is 18.3 Å². The van der Waals surface area contributed by atoms with Crippen molar-refractivity contribution in [1.29, 1.82) is 0 Å². The number of H-pyrrole nitrogens is 1. The fourth-order valence-electron chi connectivity index (χ4n) is 2.16. The number of halogens is 1. The van der Waals surface area contributed by atoms with E-state index in [-0.39, 0.29) is 11.9 Å². The first-order chi connectivity index (χ1) is 10.7. The fourth-order valence-corrected chi connectivity index (χ4v) is 2.58. The van der Waals surface area contributed by atoms with Crippen LogP contribution in [0.2, 0.25) is 0 Å². The number of carbonyl (C=O) groups excluding carboxylic acids is 1. The van der Waals surface area contributed by atoms with Crippen molar-refractivity contribution in [2.75, 3.05) is 0 Å². The summed E-state index contributed by atoms with van der Waals surface area (Å²) in [4.78, 5) is 22.6. The van der Waals surface area contributed by atoms with Gasteiger partial charge in [0.1, 0.15) is 5.82 Å². The average molecular weight is 364 g/mol. The first-order valence-electron chi connectivity index (χ1n) is 7.01. The molecule has 1 atom stereocenters. The van der Waals surface area contributed by atoms with E-state index in [9.17, 15) is 4.79 Å². The number of aromatic nitrogens is 2. The lowest BCUT2D eigenvalue weighted by Crippen LogP contribution is -2.08. The summed E-state index contributed by atoms with van der Waals surface area (Å²) in [7, 11) is 0. The molecule has 1 heterocycles. The zero-order chi connectivity index (χ0) is 15.8.